The molecule has 1 aromatic carbocycles. The number of aromatic amines is 1. The summed E-state index contributed by atoms with van der Waals surface area (Å²) in [6, 6.07) is 5.67. The van der Waals surface area contributed by atoms with E-state index in [0.29, 0.717) is 6.04 Å². The zero-order valence-electron chi connectivity index (χ0n) is 10.5. The summed E-state index contributed by atoms with van der Waals surface area (Å²) < 4.78 is 13.1. The van der Waals surface area contributed by atoms with E-state index in [-0.39, 0.29) is 5.82 Å². The number of nitrogens with one attached hydrogen (secondary N) is 2. The molecule has 0 unspecified atom stereocenters. The molecule has 0 bridgehead atoms. The molecule has 0 aliphatic heterocycles. The molecular formula is C15H19FN2. The lowest BCUT2D eigenvalue weighted by Gasteiger charge is -2.10. The third-order valence-corrected chi connectivity index (χ3v) is 3.91. The largest absolute Gasteiger partial charge is 0.361 e. The predicted octanol–water partition coefficient (Wildman–Crippen LogP) is 3.38. The molecule has 2 aromatic rings. The lowest BCUT2D eigenvalue weighted by atomic mass is 10.1. The number of hydrogen-bond donors (Lipinski definition) is 2. The zero-order chi connectivity index (χ0) is 12.4. The van der Waals surface area contributed by atoms with Crippen molar-refractivity contribution in [1.82, 2.24) is 10.3 Å². The number of rotatable bonds is 4. The molecular weight excluding hydrogens is 227 g/mol. The third-order valence-electron chi connectivity index (χ3n) is 3.91. The molecule has 1 aromatic heterocycles. The molecule has 18 heavy (non-hydrogen) atoms. The summed E-state index contributed by atoms with van der Waals surface area (Å²) >= 11 is 0. The van der Waals surface area contributed by atoms with Crippen LogP contribution in [0, 0.1) is 5.82 Å². The van der Waals surface area contributed by atoms with Gasteiger partial charge >= 0.3 is 0 Å². The normalized spacial score (nSPS) is 16.7. The van der Waals surface area contributed by atoms with E-state index in [1.165, 1.54) is 37.3 Å². The molecule has 3 heteroatoms. The molecule has 2 N–H and O–H groups in total. The van der Waals surface area contributed by atoms with Crippen LogP contribution in [0.25, 0.3) is 10.9 Å². The Morgan fingerprint density at radius 3 is 2.94 bits per heavy atom. The first-order valence-electron chi connectivity index (χ1n) is 6.82. The van der Waals surface area contributed by atoms with E-state index in [0.717, 1.165) is 23.9 Å². The molecule has 1 fully saturated rings. The van der Waals surface area contributed by atoms with Crippen molar-refractivity contribution in [3.8, 4) is 0 Å². The van der Waals surface area contributed by atoms with E-state index in [1.54, 1.807) is 6.07 Å². The van der Waals surface area contributed by atoms with Crippen molar-refractivity contribution >= 4 is 10.9 Å². The molecule has 0 radical (unpaired) electrons. The second-order valence-electron chi connectivity index (χ2n) is 5.19. The van der Waals surface area contributed by atoms with Crippen molar-refractivity contribution in [1.29, 1.82) is 0 Å². The first kappa shape index (κ1) is 11.7. The number of H-pyrrole nitrogens is 1. The predicted molar refractivity (Wildman–Crippen MR) is 72.2 cm³/mol. The van der Waals surface area contributed by atoms with Gasteiger partial charge in [0, 0.05) is 23.1 Å². The molecule has 0 atom stereocenters. The van der Waals surface area contributed by atoms with E-state index in [9.17, 15) is 4.39 Å². The van der Waals surface area contributed by atoms with Crippen molar-refractivity contribution in [3.63, 3.8) is 0 Å². The summed E-state index contributed by atoms with van der Waals surface area (Å²) in [5.41, 5.74) is 2.17. The number of aromatic nitrogens is 1. The van der Waals surface area contributed by atoms with Gasteiger partial charge in [0.15, 0.2) is 0 Å². The van der Waals surface area contributed by atoms with Crippen molar-refractivity contribution in [2.24, 2.45) is 0 Å². The van der Waals surface area contributed by atoms with Crippen LogP contribution >= 0.6 is 0 Å². The lowest BCUT2D eigenvalue weighted by molar-refractivity contribution is 0.528. The van der Waals surface area contributed by atoms with Crippen LogP contribution < -0.4 is 5.32 Å². The Morgan fingerprint density at radius 1 is 1.28 bits per heavy atom. The first-order valence-corrected chi connectivity index (χ1v) is 6.82. The molecule has 1 saturated carbocycles. The molecule has 3 rings (SSSR count). The minimum atomic E-state index is -0.181. The summed E-state index contributed by atoms with van der Waals surface area (Å²) in [5.74, 6) is -0.181. The molecule has 96 valence electrons. The van der Waals surface area contributed by atoms with E-state index >= 15 is 0 Å². The average molecular weight is 246 g/mol. The third kappa shape index (κ3) is 2.41. The summed E-state index contributed by atoms with van der Waals surface area (Å²) in [6.07, 6.45) is 8.37. The van der Waals surface area contributed by atoms with Crippen molar-refractivity contribution in [2.75, 3.05) is 6.54 Å². The molecule has 1 heterocycles. The molecule has 0 saturated heterocycles. The van der Waals surface area contributed by atoms with Crippen LogP contribution in [0.1, 0.15) is 31.2 Å². The SMILES string of the molecule is Fc1ccc2c(CCNC3CCCC3)c[nH]c2c1. The fraction of sp³-hybridized carbons (Fsp3) is 0.467. The summed E-state index contributed by atoms with van der Waals surface area (Å²) in [4.78, 5) is 3.14. The highest BCUT2D eigenvalue weighted by Gasteiger charge is 2.13. The maximum atomic E-state index is 13.1. The quantitative estimate of drug-likeness (QED) is 0.850. The zero-order valence-corrected chi connectivity index (χ0v) is 10.5. The molecule has 2 nitrogen and oxygen atoms in total. The maximum absolute atomic E-state index is 13.1. The van der Waals surface area contributed by atoms with Crippen LogP contribution in [-0.4, -0.2) is 17.6 Å². The Morgan fingerprint density at radius 2 is 2.11 bits per heavy atom. The van der Waals surface area contributed by atoms with E-state index in [4.69, 9.17) is 0 Å². The summed E-state index contributed by atoms with van der Waals surface area (Å²) in [6.45, 7) is 1.01. The molecule has 0 amide bonds. The van der Waals surface area contributed by atoms with Crippen LogP contribution in [0.3, 0.4) is 0 Å². The smallest absolute Gasteiger partial charge is 0.125 e. The number of halogens is 1. The van der Waals surface area contributed by atoms with E-state index in [1.807, 2.05) is 12.3 Å². The minimum absolute atomic E-state index is 0.181. The highest BCUT2D eigenvalue weighted by molar-refractivity contribution is 5.83. The fourth-order valence-electron chi connectivity index (χ4n) is 2.91. The van der Waals surface area contributed by atoms with Crippen LogP contribution in [0.15, 0.2) is 24.4 Å². The van der Waals surface area contributed by atoms with Gasteiger partial charge in [0.05, 0.1) is 0 Å². The van der Waals surface area contributed by atoms with Gasteiger partial charge in [-0.15, -0.1) is 0 Å². The van der Waals surface area contributed by atoms with Gasteiger partial charge in [0.1, 0.15) is 5.82 Å². The van der Waals surface area contributed by atoms with Crippen LogP contribution in [0.4, 0.5) is 4.39 Å². The lowest BCUT2D eigenvalue weighted by Crippen LogP contribution is -2.27. The Kier molecular flexibility index (Phi) is 3.33. The highest BCUT2D eigenvalue weighted by atomic mass is 19.1. The van der Waals surface area contributed by atoms with Gasteiger partial charge in [-0.25, -0.2) is 4.39 Å². The Balaban J connectivity index is 1.63. The number of hydrogen-bond acceptors (Lipinski definition) is 1. The van der Waals surface area contributed by atoms with Crippen LogP contribution in [0.5, 0.6) is 0 Å². The monoisotopic (exact) mass is 246 g/mol. The van der Waals surface area contributed by atoms with Crippen molar-refractivity contribution in [3.05, 3.63) is 35.8 Å². The first-order chi connectivity index (χ1) is 8.83. The van der Waals surface area contributed by atoms with Gasteiger partial charge in [-0.3, -0.25) is 0 Å². The van der Waals surface area contributed by atoms with Crippen LogP contribution in [-0.2, 0) is 6.42 Å². The highest BCUT2D eigenvalue weighted by Crippen LogP contribution is 2.20. The molecule has 1 aliphatic carbocycles. The van der Waals surface area contributed by atoms with Gasteiger partial charge < -0.3 is 10.3 Å². The average Bonchev–Trinajstić information content (AvgIpc) is 2.99. The summed E-state index contributed by atoms with van der Waals surface area (Å²) in [5, 5.41) is 4.75. The Bertz CT molecular complexity index is 526. The molecule has 1 aliphatic rings. The van der Waals surface area contributed by atoms with Crippen LogP contribution in [0.2, 0.25) is 0 Å². The van der Waals surface area contributed by atoms with Gasteiger partial charge in [0.2, 0.25) is 0 Å². The van der Waals surface area contributed by atoms with Crippen molar-refractivity contribution in [2.45, 2.75) is 38.1 Å². The minimum Gasteiger partial charge on any atom is -0.361 e. The van der Waals surface area contributed by atoms with Gasteiger partial charge in [-0.1, -0.05) is 12.8 Å². The second kappa shape index (κ2) is 5.11. The second-order valence-corrected chi connectivity index (χ2v) is 5.19. The Labute approximate surface area is 107 Å². The molecule has 0 spiro atoms. The van der Waals surface area contributed by atoms with E-state index in [2.05, 4.69) is 10.3 Å². The number of benzene rings is 1. The fourth-order valence-corrected chi connectivity index (χ4v) is 2.91. The van der Waals surface area contributed by atoms with Gasteiger partial charge in [-0.05, 0) is 49.6 Å². The topological polar surface area (TPSA) is 27.8 Å². The number of fused-ring (bicyclic) bond motifs is 1. The van der Waals surface area contributed by atoms with Gasteiger partial charge in [0.25, 0.3) is 0 Å². The standard InChI is InChI=1S/C15H19FN2/c16-12-5-6-14-11(10-18-15(14)9-12)7-8-17-13-3-1-2-4-13/h5-6,9-10,13,17-18H,1-4,7-8H2. The van der Waals surface area contributed by atoms with E-state index < -0.39 is 0 Å². The summed E-state index contributed by atoms with van der Waals surface area (Å²) in [7, 11) is 0. The van der Waals surface area contributed by atoms with Crippen molar-refractivity contribution < 1.29 is 4.39 Å². The van der Waals surface area contributed by atoms with Gasteiger partial charge in [-0.2, -0.15) is 0 Å². The Hall–Kier alpha value is -1.35. The maximum Gasteiger partial charge on any atom is 0.125 e.